The van der Waals surface area contributed by atoms with Gasteiger partial charge in [0.1, 0.15) is 5.75 Å². The van der Waals surface area contributed by atoms with Gasteiger partial charge in [-0.3, -0.25) is 4.79 Å². The van der Waals surface area contributed by atoms with Crippen molar-refractivity contribution in [1.29, 1.82) is 0 Å². The molecule has 0 aliphatic carbocycles. The predicted octanol–water partition coefficient (Wildman–Crippen LogP) is 4.93. The zero-order valence-electron chi connectivity index (χ0n) is 16.2. The molecule has 0 unspecified atom stereocenters. The lowest BCUT2D eigenvalue weighted by Crippen LogP contribution is -2.14. The van der Waals surface area contributed by atoms with Crippen molar-refractivity contribution in [2.45, 2.75) is 13.8 Å². The van der Waals surface area contributed by atoms with Gasteiger partial charge >= 0.3 is 0 Å². The average molecular weight is 384 g/mol. The Balaban J connectivity index is 1.57. The maximum atomic E-state index is 12.9. The first kappa shape index (κ1) is 18.4. The Hall–Kier alpha value is -3.93. The van der Waals surface area contributed by atoms with E-state index in [9.17, 15) is 4.79 Å². The quantitative estimate of drug-likeness (QED) is 0.530. The molecule has 4 rings (SSSR count). The molecule has 0 atom stereocenters. The topological polar surface area (TPSA) is 69.0 Å². The molecule has 0 bridgehead atoms. The van der Waals surface area contributed by atoms with E-state index >= 15 is 0 Å². The highest BCUT2D eigenvalue weighted by Gasteiger charge is 2.19. The van der Waals surface area contributed by atoms with E-state index in [1.165, 1.54) is 0 Å². The van der Waals surface area contributed by atoms with Crippen molar-refractivity contribution in [2.24, 2.45) is 0 Å². The number of aromatic nitrogens is 3. The summed E-state index contributed by atoms with van der Waals surface area (Å²) in [6.07, 6.45) is 0. The second-order valence-corrected chi connectivity index (χ2v) is 6.64. The van der Waals surface area contributed by atoms with Crippen LogP contribution in [-0.2, 0) is 0 Å². The Morgan fingerprint density at radius 2 is 1.59 bits per heavy atom. The fourth-order valence-electron chi connectivity index (χ4n) is 2.93. The van der Waals surface area contributed by atoms with Crippen LogP contribution in [0.4, 0.5) is 5.69 Å². The molecule has 29 heavy (non-hydrogen) atoms. The molecule has 1 N–H and O–H groups in total. The third-order valence-corrected chi connectivity index (χ3v) is 4.49. The van der Waals surface area contributed by atoms with E-state index < -0.39 is 0 Å². The summed E-state index contributed by atoms with van der Waals surface area (Å²) in [5.41, 5.74) is 3.49. The molecule has 0 saturated heterocycles. The van der Waals surface area contributed by atoms with Gasteiger partial charge in [0.05, 0.1) is 17.1 Å². The second-order valence-electron chi connectivity index (χ2n) is 6.64. The van der Waals surface area contributed by atoms with E-state index in [0.717, 1.165) is 11.3 Å². The zero-order valence-corrected chi connectivity index (χ0v) is 16.2. The molecule has 6 nitrogen and oxygen atoms in total. The van der Waals surface area contributed by atoms with Crippen molar-refractivity contribution < 1.29 is 9.53 Å². The Bertz CT molecular complexity index is 1140. The summed E-state index contributed by atoms with van der Waals surface area (Å²) in [6, 6.07) is 24.6. The van der Waals surface area contributed by atoms with Crippen LogP contribution in [0.5, 0.6) is 11.5 Å². The van der Waals surface area contributed by atoms with Crippen LogP contribution in [0.25, 0.3) is 5.69 Å². The highest BCUT2D eigenvalue weighted by Crippen LogP contribution is 2.29. The van der Waals surface area contributed by atoms with E-state index in [0.29, 0.717) is 22.9 Å². The maximum absolute atomic E-state index is 12.9. The SMILES string of the molecule is Cc1ccc(-n2nnc(C(=O)Nc3ccccc3Oc3ccccc3)c2C)cc1. The molecule has 1 aromatic heterocycles. The largest absolute Gasteiger partial charge is 0.455 e. The molecule has 0 fully saturated rings. The monoisotopic (exact) mass is 384 g/mol. The zero-order chi connectivity index (χ0) is 20.2. The summed E-state index contributed by atoms with van der Waals surface area (Å²) in [7, 11) is 0. The summed E-state index contributed by atoms with van der Waals surface area (Å²) in [5.74, 6) is 0.899. The van der Waals surface area contributed by atoms with Crippen LogP contribution in [0.3, 0.4) is 0 Å². The van der Waals surface area contributed by atoms with Crippen molar-refractivity contribution >= 4 is 11.6 Å². The fourth-order valence-corrected chi connectivity index (χ4v) is 2.93. The third kappa shape index (κ3) is 4.01. The number of carbonyl (C=O) groups is 1. The Kier molecular flexibility index (Phi) is 5.07. The lowest BCUT2D eigenvalue weighted by molar-refractivity contribution is 0.102. The Morgan fingerprint density at radius 3 is 2.34 bits per heavy atom. The fraction of sp³-hybridized carbons (Fsp3) is 0.0870. The van der Waals surface area contributed by atoms with Crippen LogP contribution in [0.15, 0.2) is 78.9 Å². The van der Waals surface area contributed by atoms with Crippen LogP contribution >= 0.6 is 0 Å². The number of ether oxygens (including phenoxy) is 1. The van der Waals surface area contributed by atoms with Crippen LogP contribution in [0.1, 0.15) is 21.7 Å². The van der Waals surface area contributed by atoms with Crippen molar-refractivity contribution in [2.75, 3.05) is 5.32 Å². The second kappa shape index (κ2) is 7.98. The minimum atomic E-state index is -0.343. The molecule has 0 aliphatic rings. The number of nitrogens with one attached hydrogen (secondary N) is 1. The van der Waals surface area contributed by atoms with Crippen LogP contribution in [-0.4, -0.2) is 20.9 Å². The van der Waals surface area contributed by atoms with Gasteiger partial charge < -0.3 is 10.1 Å². The van der Waals surface area contributed by atoms with Gasteiger partial charge in [0.2, 0.25) is 0 Å². The van der Waals surface area contributed by atoms with Gasteiger partial charge in [-0.2, -0.15) is 0 Å². The average Bonchev–Trinajstić information content (AvgIpc) is 3.12. The van der Waals surface area contributed by atoms with Crippen molar-refractivity contribution in [3.05, 3.63) is 95.8 Å². The Labute approximate surface area is 168 Å². The van der Waals surface area contributed by atoms with E-state index in [4.69, 9.17) is 4.74 Å². The molecular weight excluding hydrogens is 364 g/mol. The highest BCUT2D eigenvalue weighted by molar-refractivity contribution is 6.04. The summed E-state index contributed by atoms with van der Waals surface area (Å²) >= 11 is 0. The van der Waals surface area contributed by atoms with Crippen molar-refractivity contribution in [1.82, 2.24) is 15.0 Å². The first-order chi connectivity index (χ1) is 14.1. The van der Waals surface area contributed by atoms with Gasteiger partial charge in [-0.1, -0.05) is 53.2 Å². The molecule has 144 valence electrons. The normalized spacial score (nSPS) is 10.6. The summed E-state index contributed by atoms with van der Waals surface area (Å²) in [4.78, 5) is 12.9. The molecule has 0 saturated carbocycles. The number of aryl methyl sites for hydroxylation is 1. The highest BCUT2D eigenvalue weighted by atomic mass is 16.5. The number of hydrogen-bond donors (Lipinski definition) is 1. The standard InChI is InChI=1S/C23H20N4O2/c1-16-12-14-18(15-13-16)27-17(2)22(25-26-27)23(28)24-20-10-6-7-11-21(20)29-19-8-4-3-5-9-19/h3-15H,1-2H3,(H,24,28). The molecule has 6 heteroatoms. The van der Waals surface area contributed by atoms with E-state index in [1.807, 2.05) is 80.6 Å². The summed E-state index contributed by atoms with van der Waals surface area (Å²) in [6.45, 7) is 3.84. The number of carbonyl (C=O) groups excluding carboxylic acids is 1. The minimum absolute atomic E-state index is 0.264. The molecule has 1 amide bonds. The molecule has 4 aromatic rings. The summed E-state index contributed by atoms with van der Waals surface area (Å²) in [5, 5.41) is 11.1. The molecular formula is C23H20N4O2. The van der Waals surface area contributed by atoms with Gasteiger partial charge in [0.25, 0.3) is 5.91 Å². The number of benzene rings is 3. The van der Waals surface area contributed by atoms with Gasteiger partial charge in [0, 0.05) is 0 Å². The molecule has 3 aromatic carbocycles. The molecule has 0 radical (unpaired) electrons. The number of rotatable bonds is 5. The van der Waals surface area contributed by atoms with Gasteiger partial charge in [-0.05, 0) is 50.2 Å². The Morgan fingerprint density at radius 1 is 0.897 bits per heavy atom. The van der Waals surface area contributed by atoms with E-state index in [2.05, 4.69) is 15.6 Å². The summed E-state index contributed by atoms with van der Waals surface area (Å²) < 4.78 is 7.56. The number of para-hydroxylation sites is 3. The smallest absolute Gasteiger partial charge is 0.278 e. The van der Waals surface area contributed by atoms with E-state index in [-0.39, 0.29) is 11.6 Å². The lowest BCUT2D eigenvalue weighted by Gasteiger charge is -2.11. The number of anilines is 1. The lowest BCUT2D eigenvalue weighted by atomic mass is 10.2. The molecule has 1 heterocycles. The first-order valence-corrected chi connectivity index (χ1v) is 9.24. The maximum Gasteiger partial charge on any atom is 0.278 e. The first-order valence-electron chi connectivity index (χ1n) is 9.24. The number of nitrogens with zero attached hydrogens (tertiary/aromatic N) is 3. The number of hydrogen-bond acceptors (Lipinski definition) is 4. The van der Waals surface area contributed by atoms with Crippen LogP contribution in [0, 0.1) is 13.8 Å². The van der Waals surface area contributed by atoms with Crippen LogP contribution in [0.2, 0.25) is 0 Å². The third-order valence-electron chi connectivity index (χ3n) is 4.49. The molecule has 0 spiro atoms. The van der Waals surface area contributed by atoms with Crippen molar-refractivity contribution in [3.8, 4) is 17.2 Å². The molecule has 0 aliphatic heterocycles. The minimum Gasteiger partial charge on any atom is -0.455 e. The number of amides is 1. The van der Waals surface area contributed by atoms with Gasteiger partial charge in [0.15, 0.2) is 11.4 Å². The van der Waals surface area contributed by atoms with Gasteiger partial charge in [-0.25, -0.2) is 4.68 Å². The van der Waals surface area contributed by atoms with Gasteiger partial charge in [-0.15, -0.1) is 5.10 Å². The predicted molar refractivity (Wildman–Crippen MR) is 112 cm³/mol. The van der Waals surface area contributed by atoms with E-state index in [1.54, 1.807) is 16.8 Å². The van der Waals surface area contributed by atoms with Crippen LogP contribution < -0.4 is 10.1 Å². The van der Waals surface area contributed by atoms with Crippen molar-refractivity contribution in [3.63, 3.8) is 0 Å².